The summed E-state index contributed by atoms with van der Waals surface area (Å²) in [6.45, 7) is 0. The summed E-state index contributed by atoms with van der Waals surface area (Å²) < 4.78 is 10.3. The number of benzene rings is 1. The van der Waals surface area contributed by atoms with Crippen molar-refractivity contribution in [2.75, 3.05) is 17.7 Å². The monoisotopic (exact) mass is 373 g/mol. The molecule has 0 fully saturated rings. The van der Waals surface area contributed by atoms with Gasteiger partial charge in [-0.3, -0.25) is 9.59 Å². The summed E-state index contributed by atoms with van der Waals surface area (Å²) in [5.74, 6) is -1.22. The molecule has 2 heterocycles. The van der Waals surface area contributed by atoms with Crippen molar-refractivity contribution < 1.29 is 23.5 Å². The molecule has 2 N–H and O–H groups in total. The number of carbonyl (C=O) groups is 3. The zero-order chi connectivity index (χ0) is 18.7. The fraction of sp³-hybridized carbons (Fsp3) is 0.0588. The minimum atomic E-state index is -0.656. The van der Waals surface area contributed by atoms with Gasteiger partial charge in [0.25, 0.3) is 5.91 Å². The molecule has 26 heavy (non-hydrogen) atoms. The number of anilines is 2. The van der Waals surface area contributed by atoms with Crippen LogP contribution in [0.5, 0.6) is 0 Å². The molecule has 2 amide bonds. The lowest BCUT2D eigenvalue weighted by Gasteiger charge is -2.05. The van der Waals surface area contributed by atoms with Crippen LogP contribution < -0.4 is 10.6 Å². The molecule has 0 bridgehead atoms. The molecule has 8 nitrogen and oxygen atoms in total. The third-order valence-corrected chi connectivity index (χ3v) is 3.72. The van der Waals surface area contributed by atoms with Gasteiger partial charge in [0.15, 0.2) is 0 Å². The minimum absolute atomic E-state index is 0.0578. The minimum Gasteiger partial charge on any atom is -0.465 e. The van der Waals surface area contributed by atoms with Crippen LogP contribution in [0.25, 0.3) is 11.0 Å². The van der Waals surface area contributed by atoms with Gasteiger partial charge in [0.05, 0.1) is 23.1 Å². The number of furan rings is 1. The van der Waals surface area contributed by atoms with Crippen LogP contribution in [0.3, 0.4) is 0 Å². The number of ether oxygens (including phenoxy) is 1. The molecule has 0 unspecified atom stereocenters. The van der Waals surface area contributed by atoms with Crippen molar-refractivity contribution in [1.29, 1.82) is 0 Å². The van der Waals surface area contributed by atoms with E-state index >= 15 is 0 Å². The van der Waals surface area contributed by atoms with E-state index in [1.807, 2.05) is 0 Å². The van der Waals surface area contributed by atoms with Gasteiger partial charge in [0, 0.05) is 6.20 Å². The van der Waals surface area contributed by atoms with Gasteiger partial charge in [0.2, 0.25) is 12.2 Å². The average Bonchev–Trinajstić information content (AvgIpc) is 3.02. The number of amides is 2. The molecule has 3 aromatic rings. The van der Waals surface area contributed by atoms with Crippen molar-refractivity contribution in [3.8, 4) is 0 Å². The highest BCUT2D eigenvalue weighted by Gasteiger charge is 2.25. The number of pyridine rings is 1. The number of carbonyl (C=O) groups excluding carboxylic acids is 3. The van der Waals surface area contributed by atoms with E-state index in [-0.39, 0.29) is 33.8 Å². The van der Waals surface area contributed by atoms with Crippen molar-refractivity contribution in [2.45, 2.75) is 0 Å². The molecule has 0 aliphatic rings. The Balaban J connectivity index is 2.08. The second kappa shape index (κ2) is 7.24. The van der Waals surface area contributed by atoms with Gasteiger partial charge in [-0.2, -0.15) is 0 Å². The van der Waals surface area contributed by atoms with Gasteiger partial charge in [0.1, 0.15) is 17.1 Å². The number of nitrogens with one attached hydrogen (secondary N) is 2. The number of rotatable bonds is 5. The normalized spacial score (nSPS) is 10.4. The van der Waals surface area contributed by atoms with Crippen LogP contribution >= 0.6 is 11.6 Å². The average molecular weight is 374 g/mol. The number of esters is 1. The predicted octanol–water partition coefficient (Wildman–Crippen LogP) is 3.09. The maximum atomic E-state index is 12.6. The zero-order valence-corrected chi connectivity index (χ0v) is 14.2. The Morgan fingerprint density at radius 2 is 2.08 bits per heavy atom. The van der Waals surface area contributed by atoms with Crippen LogP contribution in [-0.4, -0.2) is 30.4 Å². The van der Waals surface area contributed by atoms with E-state index in [4.69, 9.17) is 20.8 Å². The van der Waals surface area contributed by atoms with E-state index in [0.29, 0.717) is 11.4 Å². The molecule has 9 heteroatoms. The van der Waals surface area contributed by atoms with Crippen molar-refractivity contribution in [3.05, 3.63) is 52.9 Å². The molecule has 0 aliphatic carbocycles. The predicted molar refractivity (Wildman–Crippen MR) is 94.4 cm³/mol. The highest BCUT2D eigenvalue weighted by atomic mass is 35.5. The van der Waals surface area contributed by atoms with Crippen molar-refractivity contribution >= 4 is 52.4 Å². The molecule has 0 saturated carbocycles. The van der Waals surface area contributed by atoms with Gasteiger partial charge in [-0.25, -0.2) is 9.78 Å². The molecule has 1 aromatic carbocycles. The van der Waals surface area contributed by atoms with Gasteiger partial charge >= 0.3 is 5.97 Å². The summed E-state index contributed by atoms with van der Waals surface area (Å²) in [6, 6.07) is 7.71. The Morgan fingerprint density at radius 3 is 2.73 bits per heavy atom. The lowest BCUT2D eigenvalue weighted by atomic mass is 10.1. The maximum Gasteiger partial charge on any atom is 0.338 e. The summed E-state index contributed by atoms with van der Waals surface area (Å²) in [4.78, 5) is 39.5. The number of hydrogen-bond donors (Lipinski definition) is 2. The Morgan fingerprint density at radius 1 is 1.27 bits per heavy atom. The lowest BCUT2D eigenvalue weighted by molar-refractivity contribution is -0.105. The molecule has 2 aromatic heterocycles. The van der Waals surface area contributed by atoms with Crippen LogP contribution in [0.2, 0.25) is 5.02 Å². The summed E-state index contributed by atoms with van der Waals surface area (Å²) in [5.41, 5.74) is 0.454. The third kappa shape index (κ3) is 3.22. The quantitative estimate of drug-likeness (QED) is 0.525. The number of nitrogens with zero attached hydrogens (tertiary/aromatic N) is 1. The summed E-state index contributed by atoms with van der Waals surface area (Å²) in [7, 11) is 1.23. The summed E-state index contributed by atoms with van der Waals surface area (Å²) in [6.07, 6.45) is 1.76. The SMILES string of the molecule is COC(=O)c1cccc2oc(C(=O)Nc3ccc(Cl)cn3)c(NC=O)c12. The first-order chi connectivity index (χ1) is 12.5. The molecule has 0 radical (unpaired) electrons. The van der Waals surface area contributed by atoms with Crippen LogP contribution in [0.15, 0.2) is 40.9 Å². The van der Waals surface area contributed by atoms with E-state index in [1.165, 1.54) is 25.4 Å². The van der Waals surface area contributed by atoms with E-state index in [1.54, 1.807) is 18.2 Å². The molecule has 132 valence electrons. The number of methoxy groups -OCH3 is 1. The molecule has 0 saturated heterocycles. The van der Waals surface area contributed by atoms with E-state index in [9.17, 15) is 14.4 Å². The van der Waals surface area contributed by atoms with Gasteiger partial charge in [-0.1, -0.05) is 17.7 Å². The molecule has 0 spiro atoms. The number of halogens is 1. The fourth-order valence-corrected chi connectivity index (χ4v) is 2.52. The van der Waals surface area contributed by atoms with Crippen LogP contribution in [0, 0.1) is 0 Å². The highest BCUT2D eigenvalue weighted by Crippen LogP contribution is 2.34. The second-order valence-corrected chi connectivity index (χ2v) is 5.49. The standard InChI is InChI=1S/C17H12ClN3O5/c1-25-17(24)10-3-2-4-11-13(10)14(20-8-22)15(26-11)16(23)21-12-6-5-9(18)7-19-12/h2-8H,1H3,(H,20,22)(H,19,21,23). The largest absolute Gasteiger partial charge is 0.465 e. The first-order valence-electron chi connectivity index (χ1n) is 7.32. The Kier molecular flexibility index (Phi) is 4.85. The molecular formula is C17H12ClN3O5. The topological polar surface area (TPSA) is 111 Å². The first-order valence-corrected chi connectivity index (χ1v) is 7.70. The molecule has 3 rings (SSSR count). The highest BCUT2D eigenvalue weighted by molar-refractivity contribution is 6.30. The third-order valence-electron chi connectivity index (χ3n) is 3.50. The summed E-state index contributed by atoms with van der Waals surface area (Å²) in [5, 5.41) is 5.62. The zero-order valence-electron chi connectivity index (χ0n) is 13.4. The van der Waals surface area contributed by atoms with Gasteiger partial charge in [-0.15, -0.1) is 0 Å². The molecule has 0 atom stereocenters. The first kappa shape index (κ1) is 17.4. The van der Waals surface area contributed by atoms with E-state index in [0.717, 1.165) is 0 Å². The van der Waals surface area contributed by atoms with Crippen LogP contribution in [-0.2, 0) is 9.53 Å². The van der Waals surface area contributed by atoms with Crippen molar-refractivity contribution in [1.82, 2.24) is 4.98 Å². The van der Waals surface area contributed by atoms with Gasteiger partial charge < -0.3 is 19.8 Å². The van der Waals surface area contributed by atoms with Gasteiger partial charge in [-0.05, 0) is 24.3 Å². The smallest absolute Gasteiger partial charge is 0.338 e. The molecule has 0 aliphatic heterocycles. The second-order valence-electron chi connectivity index (χ2n) is 5.05. The Hall–Kier alpha value is -3.39. The maximum absolute atomic E-state index is 12.6. The molecular weight excluding hydrogens is 362 g/mol. The van der Waals surface area contributed by atoms with E-state index in [2.05, 4.69) is 15.6 Å². The van der Waals surface area contributed by atoms with Crippen molar-refractivity contribution in [3.63, 3.8) is 0 Å². The van der Waals surface area contributed by atoms with Crippen LogP contribution in [0.4, 0.5) is 11.5 Å². The number of aromatic nitrogens is 1. The Bertz CT molecular complexity index is 998. The number of hydrogen-bond acceptors (Lipinski definition) is 6. The summed E-state index contributed by atoms with van der Waals surface area (Å²) >= 11 is 5.76. The lowest BCUT2D eigenvalue weighted by Crippen LogP contribution is -2.14. The Labute approximate surface area is 152 Å². The van der Waals surface area contributed by atoms with E-state index < -0.39 is 11.9 Å². The fourth-order valence-electron chi connectivity index (χ4n) is 2.41. The van der Waals surface area contributed by atoms with Crippen LogP contribution in [0.1, 0.15) is 20.9 Å². The number of fused-ring (bicyclic) bond motifs is 1. The van der Waals surface area contributed by atoms with Crippen molar-refractivity contribution in [2.24, 2.45) is 0 Å².